The molecule has 1 heterocycles. The molecule has 1 aliphatic rings. The van der Waals surface area contributed by atoms with E-state index in [0.29, 0.717) is 0 Å². The summed E-state index contributed by atoms with van der Waals surface area (Å²) in [6, 6.07) is 82.6. The van der Waals surface area contributed by atoms with E-state index < -0.39 is 5.41 Å². The Labute approximate surface area is 337 Å². The van der Waals surface area contributed by atoms with Gasteiger partial charge in [-0.3, -0.25) is 0 Å². The largest absolute Gasteiger partial charge is 0.310 e. The van der Waals surface area contributed by atoms with E-state index in [4.69, 9.17) is 0 Å². The fraction of sp³-hybridized carbons (Fsp3) is 0.0182. The van der Waals surface area contributed by atoms with Crippen molar-refractivity contribution in [3.05, 3.63) is 247 Å². The third kappa shape index (κ3) is 5.44. The van der Waals surface area contributed by atoms with Crippen molar-refractivity contribution in [1.29, 1.82) is 0 Å². The first kappa shape index (κ1) is 33.3. The van der Waals surface area contributed by atoms with Crippen LogP contribution in [0.4, 0.5) is 17.1 Å². The maximum Gasteiger partial charge on any atom is 0.0714 e. The van der Waals surface area contributed by atoms with Gasteiger partial charge in [0.1, 0.15) is 0 Å². The Morgan fingerprint density at radius 3 is 1.49 bits per heavy atom. The molecule has 0 saturated carbocycles. The SMILES string of the molecule is c1ccc(-c2ccc(N(c3ccc(-c4ccccc4)cc3)c3ccc4c(c3)C(c3ccccc3)(c3ccc5sc6ccccc6c5c3)c3ccccc3-4)cc2)cc1. The Hall–Kier alpha value is -7.00. The number of nitrogens with zero attached hydrogens (tertiary/aromatic N) is 1. The number of thiophene rings is 1. The summed E-state index contributed by atoms with van der Waals surface area (Å²) in [6.07, 6.45) is 0. The van der Waals surface area contributed by atoms with Crippen LogP contribution in [-0.2, 0) is 5.41 Å². The zero-order valence-corrected chi connectivity index (χ0v) is 32.0. The quantitative estimate of drug-likeness (QED) is 0.157. The highest BCUT2D eigenvalue weighted by Crippen LogP contribution is 2.58. The molecular formula is C55H37NS. The highest BCUT2D eigenvalue weighted by atomic mass is 32.1. The lowest BCUT2D eigenvalue weighted by Crippen LogP contribution is -2.28. The van der Waals surface area contributed by atoms with Crippen molar-refractivity contribution in [2.75, 3.05) is 4.90 Å². The molecular weight excluding hydrogens is 707 g/mol. The van der Waals surface area contributed by atoms with Gasteiger partial charge in [-0.05, 0) is 110 Å². The van der Waals surface area contributed by atoms with Gasteiger partial charge in [0.25, 0.3) is 0 Å². The van der Waals surface area contributed by atoms with Crippen LogP contribution < -0.4 is 4.90 Å². The molecule has 1 aliphatic carbocycles. The van der Waals surface area contributed by atoms with E-state index in [2.05, 4.69) is 229 Å². The first-order chi connectivity index (χ1) is 28.3. The number of hydrogen-bond donors (Lipinski definition) is 0. The highest BCUT2D eigenvalue weighted by molar-refractivity contribution is 7.25. The van der Waals surface area contributed by atoms with Gasteiger partial charge >= 0.3 is 0 Å². The Morgan fingerprint density at radius 1 is 0.316 bits per heavy atom. The molecule has 0 saturated heterocycles. The van der Waals surface area contributed by atoms with Crippen molar-refractivity contribution >= 4 is 48.6 Å². The fourth-order valence-corrected chi connectivity index (χ4v) is 10.2. The van der Waals surface area contributed by atoms with Crippen molar-refractivity contribution in [3.8, 4) is 33.4 Å². The van der Waals surface area contributed by atoms with Gasteiger partial charge in [0.05, 0.1) is 5.41 Å². The minimum atomic E-state index is -0.541. The summed E-state index contributed by atoms with van der Waals surface area (Å²) >= 11 is 1.87. The van der Waals surface area contributed by atoms with Crippen molar-refractivity contribution in [2.45, 2.75) is 5.41 Å². The van der Waals surface area contributed by atoms with E-state index in [1.807, 2.05) is 11.3 Å². The minimum absolute atomic E-state index is 0.541. The monoisotopic (exact) mass is 743 g/mol. The predicted molar refractivity (Wildman–Crippen MR) is 242 cm³/mol. The molecule has 0 amide bonds. The number of anilines is 3. The van der Waals surface area contributed by atoms with Gasteiger partial charge in [0.2, 0.25) is 0 Å². The standard InChI is InChI=1S/C55H37NS/c1-4-14-38(15-5-1)40-24-29-44(30-25-40)56(45-31-26-41(27-32-45)39-16-6-2-7-17-39)46-33-34-48-47-20-10-12-22-51(47)55(52(48)37-46,42-18-8-3-9-19-42)43-28-35-54-50(36-43)49-21-11-13-23-53(49)57-54/h1-37H. The maximum absolute atomic E-state index is 2.47. The minimum Gasteiger partial charge on any atom is -0.310 e. The molecule has 57 heavy (non-hydrogen) atoms. The zero-order chi connectivity index (χ0) is 37.8. The number of rotatable bonds is 7. The number of benzene rings is 9. The summed E-state index contributed by atoms with van der Waals surface area (Å²) in [4.78, 5) is 2.41. The molecule has 1 aromatic heterocycles. The molecule has 11 rings (SSSR count). The molecule has 268 valence electrons. The number of hydrogen-bond acceptors (Lipinski definition) is 2. The second-order valence-electron chi connectivity index (χ2n) is 14.9. The lowest BCUT2D eigenvalue weighted by molar-refractivity contribution is 0.770. The molecule has 1 nitrogen and oxygen atoms in total. The first-order valence-electron chi connectivity index (χ1n) is 19.6. The summed E-state index contributed by atoms with van der Waals surface area (Å²) in [7, 11) is 0. The van der Waals surface area contributed by atoms with Crippen LogP contribution in [0.3, 0.4) is 0 Å². The summed E-state index contributed by atoms with van der Waals surface area (Å²) < 4.78 is 2.63. The second kappa shape index (κ2) is 13.6. The highest BCUT2D eigenvalue weighted by Gasteiger charge is 2.46. The maximum atomic E-state index is 2.47. The molecule has 9 aromatic carbocycles. The van der Waals surface area contributed by atoms with E-state index >= 15 is 0 Å². The second-order valence-corrected chi connectivity index (χ2v) is 15.9. The summed E-state index contributed by atoms with van der Waals surface area (Å²) in [5.74, 6) is 0. The van der Waals surface area contributed by atoms with Crippen LogP contribution in [0.5, 0.6) is 0 Å². The Balaban J connectivity index is 1.14. The zero-order valence-electron chi connectivity index (χ0n) is 31.2. The van der Waals surface area contributed by atoms with E-state index in [1.54, 1.807) is 0 Å². The molecule has 0 aliphatic heterocycles. The van der Waals surface area contributed by atoms with E-state index in [-0.39, 0.29) is 0 Å². The van der Waals surface area contributed by atoms with E-state index in [9.17, 15) is 0 Å². The van der Waals surface area contributed by atoms with Gasteiger partial charge in [-0.2, -0.15) is 0 Å². The van der Waals surface area contributed by atoms with Crippen LogP contribution >= 0.6 is 11.3 Å². The average molecular weight is 744 g/mol. The topological polar surface area (TPSA) is 3.24 Å². The molecule has 0 bridgehead atoms. The van der Waals surface area contributed by atoms with E-state index in [1.165, 1.54) is 75.8 Å². The Bertz CT molecular complexity index is 2960. The molecule has 1 unspecified atom stereocenters. The molecule has 1 atom stereocenters. The van der Waals surface area contributed by atoms with Gasteiger partial charge in [-0.1, -0.05) is 170 Å². The van der Waals surface area contributed by atoms with Crippen molar-refractivity contribution in [3.63, 3.8) is 0 Å². The van der Waals surface area contributed by atoms with Crippen LogP contribution in [0.2, 0.25) is 0 Å². The van der Waals surface area contributed by atoms with Gasteiger partial charge in [-0.15, -0.1) is 11.3 Å². The summed E-state index contributed by atoms with van der Waals surface area (Å²) in [5.41, 5.74) is 15.3. The predicted octanol–water partition coefficient (Wildman–Crippen LogP) is 15.2. The van der Waals surface area contributed by atoms with Crippen LogP contribution in [0.15, 0.2) is 224 Å². The fourth-order valence-electron chi connectivity index (χ4n) is 9.16. The molecule has 0 radical (unpaired) electrons. The van der Waals surface area contributed by atoms with E-state index in [0.717, 1.165) is 17.1 Å². The Morgan fingerprint density at radius 2 is 0.825 bits per heavy atom. The average Bonchev–Trinajstić information content (AvgIpc) is 3.81. The van der Waals surface area contributed by atoms with Crippen LogP contribution in [0, 0.1) is 0 Å². The molecule has 10 aromatic rings. The van der Waals surface area contributed by atoms with Crippen LogP contribution in [0.25, 0.3) is 53.6 Å². The van der Waals surface area contributed by atoms with Crippen molar-refractivity contribution in [2.24, 2.45) is 0 Å². The Kier molecular flexibility index (Phi) is 7.98. The lowest BCUT2D eigenvalue weighted by atomic mass is 9.67. The first-order valence-corrected chi connectivity index (χ1v) is 20.4. The smallest absolute Gasteiger partial charge is 0.0714 e. The molecule has 0 spiro atoms. The molecule has 0 fully saturated rings. The van der Waals surface area contributed by atoms with Crippen LogP contribution in [-0.4, -0.2) is 0 Å². The normalized spacial score (nSPS) is 14.4. The number of fused-ring (bicyclic) bond motifs is 6. The summed E-state index contributed by atoms with van der Waals surface area (Å²) in [6.45, 7) is 0. The summed E-state index contributed by atoms with van der Waals surface area (Å²) in [5, 5.41) is 2.62. The molecule has 2 heteroatoms. The van der Waals surface area contributed by atoms with Crippen molar-refractivity contribution in [1.82, 2.24) is 0 Å². The lowest BCUT2D eigenvalue weighted by Gasteiger charge is -2.35. The third-order valence-electron chi connectivity index (χ3n) is 11.8. The van der Waals surface area contributed by atoms with Gasteiger partial charge in [0, 0.05) is 37.2 Å². The van der Waals surface area contributed by atoms with Gasteiger partial charge in [0.15, 0.2) is 0 Å². The molecule has 0 N–H and O–H groups in total. The van der Waals surface area contributed by atoms with Gasteiger partial charge in [-0.25, -0.2) is 0 Å². The van der Waals surface area contributed by atoms with Crippen molar-refractivity contribution < 1.29 is 0 Å². The van der Waals surface area contributed by atoms with Crippen LogP contribution in [0.1, 0.15) is 22.3 Å². The van der Waals surface area contributed by atoms with Gasteiger partial charge < -0.3 is 4.90 Å². The third-order valence-corrected chi connectivity index (χ3v) is 12.9.